The molecule has 0 N–H and O–H groups in total. The predicted molar refractivity (Wildman–Crippen MR) is 85.3 cm³/mol. The molecular weight excluding hydrogens is 351 g/mol. The molecule has 1 heterocycles. The average Bonchev–Trinajstić information content (AvgIpc) is 2.87. The molecule has 0 aliphatic rings. The van der Waals surface area contributed by atoms with Crippen LogP contribution < -0.4 is 4.74 Å². The van der Waals surface area contributed by atoms with Gasteiger partial charge in [0.05, 0.1) is 11.7 Å². The zero-order chi connectivity index (χ0) is 13.7. The van der Waals surface area contributed by atoms with E-state index in [9.17, 15) is 0 Å². The molecule has 0 aliphatic carbocycles. The standard InChI is InChI=1S/C15H19IN2O/c1-3-14(4-2)18-9-8-13(17-18)11-19-15-7-5-6-12(16)10-15/h5-10,14H,3-4,11H2,1-2H3. The molecule has 0 radical (unpaired) electrons. The predicted octanol–water partition coefficient (Wildman–Crippen LogP) is 4.43. The van der Waals surface area contributed by atoms with Gasteiger partial charge in [-0.3, -0.25) is 4.68 Å². The van der Waals surface area contributed by atoms with E-state index in [0.717, 1.165) is 24.3 Å². The van der Waals surface area contributed by atoms with Crippen molar-refractivity contribution in [1.29, 1.82) is 0 Å². The topological polar surface area (TPSA) is 27.1 Å². The zero-order valence-electron chi connectivity index (χ0n) is 11.3. The van der Waals surface area contributed by atoms with Gasteiger partial charge in [-0.15, -0.1) is 0 Å². The van der Waals surface area contributed by atoms with Crippen molar-refractivity contribution in [2.75, 3.05) is 0 Å². The van der Waals surface area contributed by atoms with Crippen LogP contribution in [0, 0.1) is 3.57 Å². The summed E-state index contributed by atoms with van der Waals surface area (Å²) in [4.78, 5) is 0. The molecule has 3 nitrogen and oxygen atoms in total. The van der Waals surface area contributed by atoms with Crippen molar-refractivity contribution in [2.45, 2.75) is 39.3 Å². The van der Waals surface area contributed by atoms with Crippen molar-refractivity contribution in [2.24, 2.45) is 0 Å². The van der Waals surface area contributed by atoms with Gasteiger partial charge in [0.2, 0.25) is 0 Å². The quantitative estimate of drug-likeness (QED) is 0.704. The van der Waals surface area contributed by atoms with Gasteiger partial charge < -0.3 is 4.74 Å². The fourth-order valence-corrected chi connectivity index (χ4v) is 2.55. The Labute approximate surface area is 128 Å². The third kappa shape index (κ3) is 3.96. The van der Waals surface area contributed by atoms with Crippen LogP contribution in [0.25, 0.3) is 0 Å². The second-order valence-electron chi connectivity index (χ2n) is 4.50. The summed E-state index contributed by atoms with van der Waals surface area (Å²) in [6, 6.07) is 10.6. The largest absolute Gasteiger partial charge is 0.487 e. The molecule has 0 spiro atoms. The van der Waals surface area contributed by atoms with Crippen LogP contribution >= 0.6 is 22.6 Å². The zero-order valence-corrected chi connectivity index (χ0v) is 13.5. The molecule has 19 heavy (non-hydrogen) atoms. The molecule has 1 aromatic carbocycles. The maximum Gasteiger partial charge on any atom is 0.132 e. The highest BCUT2D eigenvalue weighted by Crippen LogP contribution is 2.17. The van der Waals surface area contributed by atoms with Crippen LogP contribution in [0.5, 0.6) is 5.75 Å². The molecule has 102 valence electrons. The smallest absolute Gasteiger partial charge is 0.132 e. The normalized spacial score (nSPS) is 10.9. The van der Waals surface area contributed by atoms with Gasteiger partial charge in [-0.05, 0) is 59.7 Å². The highest BCUT2D eigenvalue weighted by Gasteiger charge is 2.08. The number of benzene rings is 1. The summed E-state index contributed by atoms with van der Waals surface area (Å²) in [5, 5.41) is 4.58. The summed E-state index contributed by atoms with van der Waals surface area (Å²) >= 11 is 2.28. The molecule has 4 heteroatoms. The fraction of sp³-hybridized carbons (Fsp3) is 0.400. The number of halogens is 1. The first-order valence-electron chi connectivity index (χ1n) is 6.65. The van der Waals surface area contributed by atoms with E-state index in [1.807, 2.05) is 35.1 Å². The van der Waals surface area contributed by atoms with Crippen molar-refractivity contribution < 1.29 is 4.74 Å². The molecule has 0 atom stereocenters. The highest BCUT2D eigenvalue weighted by molar-refractivity contribution is 14.1. The summed E-state index contributed by atoms with van der Waals surface area (Å²) < 4.78 is 8.98. The summed E-state index contributed by atoms with van der Waals surface area (Å²) in [5.74, 6) is 0.893. The van der Waals surface area contributed by atoms with E-state index in [-0.39, 0.29) is 0 Å². The van der Waals surface area contributed by atoms with Crippen molar-refractivity contribution >= 4 is 22.6 Å². The minimum absolute atomic E-state index is 0.492. The number of ether oxygens (including phenoxy) is 1. The van der Waals surface area contributed by atoms with Crippen LogP contribution in [0.2, 0.25) is 0 Å². The molecule has 0 saturated heterocycles. The summed E-state index contributed by atoms with van der Waals surface area (Å²) in [5.41, 5.74) is 0.978. The van der Waals surface area contributed by atoms with E-state index < -0.39 is 0 Å². The van der Waals surface area contributed by atoms with Gasteiger partial charge in [0.1, 0.15) is 12.4 Å². The van der Waals surface area contributed by atoms with E-state index in [4.69, 9.17) is 4.74 Å². The third-order valence-electron chi connectivity index (χ3n) is 3.16. The van der Waals surface area contributed by atoms with Gasteiger partial charge in [0.15, 0.2) is 0 Å². The Morgan fingerprint density at radius 1 is 1.26 bits per heavy atom. The van der Waals surface area contributed by atoms with Crippen LogP contribution in [0.15, 0.2) is 36.5 Å². The highest BCUT2D eigenvalue weighted by atomic mass is 127. The minimum atomic E-state index is 0.492. The SMILES string of the molecule is CCC(CC)n1ccc(COc2cccc(I)c2)n1. The average molecular weight is 370 g/mol. The number of hydrogen-bond acceptors (Lipinski definition) is 2. The van der Waals surface area contributed by atoms with Gasteiger partial charge in [-0.25, -0.2) is 0 Å². The van der Waals surface area contributed by atoms with Crippen molar-refractivity contribution in [3.8, 4) is 5.75 Å². The van der Waals surface area contributed by atoms with Gasteiger partial charge in [0, 0.05) is 9.77 Å². The van der Waals surface area contributed by atoms with Crippen molar-refractivity contribution in [3.63, 3.8) is 0 Å². The Bertz CT molecular complexity index is 520. The van der Waals surface area contributed by atoms with Gasteiger partial charge in [-0.2, -0.15) is 5.10 Å². The lowest BCUT2D eigenvalue weighted by molar-refractivity contribution is 0.297. The van der Waals surface area contributed by atoms with Crippen molar-refractivity contribution in [1.82, 2.24) is 9.78 Å². The maximum atomic E-state index is 5.75. The van der Waals surface area contributed by atoms with Gasteiger partial charge in [-0.1, -0.05) is 19.9 Å². The number of hydrogen-bond donors (Lipinski definition) is 0. The second-order valence-corrected chi connectivity index (χ2v) is 5.75. The molecule has 0 amide bonds. The first-order valence-corrected chi connectivity index (χ1v) is 7.73. The molecule has 0 saturated carbocycles. The second kappa shape index (κ2) is 6.93. The summed E-state index contributed by atoms with van der Waals surface area (Å²) in [6.07, 6.45) is 4.26. The molecular formula is C15H19IN2O. The summed E-state index contributed by atoms with van der Waals surface area (Å²) in [6.45, 7) is 4.91. The Morgan fingerprint density at radius 2 is 2.05 bits per heavy atom. The van der Waals surface area contributed by atoms with Gasteiger partial charge in [0.25, 0.3) is 0 Å². The number of rotatable bonds is 6. The fourth-order valence-electron chi connectivity index (χ4n) is 2.03. The summed E-state index contributed by atoms with van der Waals surface area (Å²) in [7, 11) is 0. The number of aromatic nitrogens is 2. The van der Waals surface area contributed by atoms with Crippen LogP contribution in [-0.4, -0.2) is 9.78 Å². The molecule has 2 aromatic rings. The first kappa shape index (κ1) is 14.4. The minimum Gasteiger partial charge on any atom is -0.487 e. The van der Waals surface area contributed by atoms with E-state index in [0.29, 0.717) is 12.6 Å². The van der Waals surface area contributed by atoms with Gasteiger partial charge >= 0.3 is 0 Å². The lowest BCUT2D eigenvalue weighted by Gasteiger charge is -2.12. The van der Waals surface area contributed by atoms with E-state index >= 15 is 0 Å². The van der Waals surface area contributed by atoms with Crippen LogP contribution in [0.4, 0.5) is 0 Å². The Morgan fingerprint density at radius 3 is 2.74 bits per heavy atom. The van der Waals surface area contributed by atoms with Crippen LogP contribution in [-0.2, 0) is 6.61 Å². The lowest BCUT2D eigenvalue weighted by Crippen LogP contribution is -2.08. The Balaban J connectivity index is 1.97. The Kier molecular flexibility index (Phi) is 5.24. The van der Waals surface area contributed by atoms with E-state index in [1.54, 1.807) is 0 Å². The van der Waals surface area contributed by atoms with E-state index in [1.165, 1.54) is 3.57 Å². The van der Waals surface area contributed by atoms with Crippen LogP contribution in [0.3, 0.4) is 0 Å². The lowest BCUT2D eigenvalue weighted by atomic mass is 10.2. The van der Waals surface area contributed by atoms with E-state index in [2.05, 4.69) is 47.6 Å². The molecule has 0 fully saturated rings. The Hall–Kier alpha value is -1.04. The van der Waals surface area contributed by atoms with Crippen LogP contribution in [0.1, 0.15) is 38.4 Å². The molecule has 2 rings (SSSR count). The molecule has 0 bridgehead atoms. The van der Waals surface area contributed by atoms with Crippen molar-refractivity contribution in [3.05, 3.63) is 45.8 Å². The molecule has 0 unspecified atom stereocenters. The third-order valence-corrected chi connectivity index (χ3v) is 3.83. The maximum absolute atomic E-state index is 5.75. The molecule has 0 aliphatic heterocycles. The molecule has 1 aromatic heterocycles. The first-order chi connectivity index (χ1) is 9.22. The number of nitrogens with zero attached hydrogens (tertiary/aromatic N) is 2. The monoisotopic (exact) mass is 370 g/mol.